The second-order valence-corrected chi connectivity index (χ2v) is 8.41. The summed E-state index contributed by atoms with van der Waals surface area (Å²) < 4.78 is 5.56. The fraction of sp³-hybridized carbons (Fsp3) is 0.895. The van der Waals surface area contributed by atoms with Crippen LogP contribution in [0.1, 0.15) is 80.3 Å². The minimum absolute atomic E-state index is 0.413. The maximum atomic E-state index is 5.89. The van der Waals surface area contributed by atoms with Gasteiger partial charge in [0.1, 0.15) is 5.72 Å². The van der Waals surface area contributed by atoms with Crippen LogP contribution in [0.5, 0.6) is 0 Å². The van der Waals surface area contributed by atoms with Crippen LogP contribution in [0.15, 0.2) is 6.20 Å². The highest BCUT2D eigenvalue weighted by Gasteiger charge is 2.16. The molecule has 0 radical (unpaired) electrons. The summed E-state index contributed by atoms with van der Waals surface area (Å²) in [6, 6.07) is 0. The molecule has 6 heteroatoms. The highest BCUT2D eigenvalue weighted by atomic mass is 32.2. The van der Waals surface area contributed by atoms with Gasteiger partial charge in [-0.05, 0) is 36.7 Å². The maximum absolute atomic E-state index is 5.89. The van der Waals surface area contributed by atoms with E-state index in [2.05, 4.69) is 50.0 Å². The molecular weight excluding hydrogens is 332 g/mol. The molecular formula is C19H42N4OS. The molecule has 5 nitrogen and oxygen atoms in total. The molecule has 0 aromatic carbocycles. The largest absolute Gasteiger partial charge is 0.361 e. The van der Waals surface area contributed by atoms with E-state index in [0.29, 0.717) is 11.2 Å². The average molecular weight is 375 g/mol. The molecule has 0 bridgehead atoms. The number of H-pyrrole nitrogens is 1. The molecule has 0 spiro atoms. The topological polar surface area (TPSA) is 76.8 Å². The summed E-state index contributed by atoms with van der Waals surface area (Å²) in [7, 11) is 0. The highest BCUT2D eigenvalue weighted by molar-refractivity contribution is 7.99. The molecule has 1 aromatic rings. The number of aryl methyl sites for hydroxylation is 1. The van der Waals surface area contributed by atoms with Crippen LogP contribution in [0.3, 0.4) is 0 Å². The number of aromatic nitrogens is 3. The van der Waals surface area contributed by atoms with Gasteiger partial charge >= 0.3 is 0 Å². The third kappa shape index (κ3) is 19.6. The monoisotopic (exact) mass is 374 g/mol. The van der Waals surface area contributed by atoms with E-state index in [4.69, 9.17) is 10.5 Å². The molecule has 0 saturated carbocycles. The van der Waals surface area contributed by atoms with Gasteiger partial charge in [-0.3, -0.25) is 0 Å². The van der Waals surface area contributed by atoms with Crippen molar-refractivity contribution in [3.8, 4) is 0 Å². The number of hydrogen-bond donors (Lipinski definition) is 2. The average Bonchev–Trinajstić information content (AvgIpc) is 3.02. The van der Waals surface area contributed by atoms with Crippen molar-refractivity contribution in [3.05, 3.63) is 11.9 Å². The van der Waals surface area contributed by atoms with E-state index in [-0.39, 0.29) is 0 Å². The Balaban J connectivity index is 0. The lowest BCUT2D eigenvalue weighted by atomic mass is 10.1. The van der Waals surface area contributed by atoms with Gasteiger partial charge in [-0.15, -0.1) is 0 Å². The SMILES string of the molecule is CC.CC(C)SCCc1cn[nH]n1.CCCC(C)(N)OCCC(C)C. The molecule has 0 aliphatic heterocycles. The Hall–Kier alpha value is -0.590. The van der Waals surface area contributed by atoms with Crippen molar-refractivity contribution in [3.63, 3.8) is 0 Å². The number of thioether (sulfide) groups is 1. The van der Waals surface area contributed by atoms with Crippen LogP contribution < -0.4 is 5.73 Å². The summed E-state index contributed by atoms with van der Waals surface area (Å²) >= 11 is 1.95. The van der Waals surface area contributed by atoms with Gasteiger partial charge in [-0.1, -0.05) is 54.9 Å². The van der Waals surface area contributed by atoms with E-state index in [1.54, 1.807) is 6.20 Å². The van der Waals surface area contributed by atoms with Crippen LogP contribution in [0.25, 0.3) is 0 Å². The first-order valence-corrected chi connectivity index (χ1v) is 10.7. The Kier molecular flexibility index (Phi) is 18.0. The second-order valence-electron chi connectivity index (χ2n) is 6.72. The summed E-state index contributed by atoms with van der Waals surface area (Å²) in [5.74, 6) is 1.83. The molecule has 1 aromatic heterocycles. The molecule has 0 aliphatic rings. The van der Waals surface area contributed by atoms with Crippen LogP contribution in [0.2, 0.25) is 0 Å². The first kappa shape index (κ1) is 26.6. The fourth-order valence-electron chi connectivity index (χ4n) is 1.84. The lowest BCUT2D eigenvalue weighted by Gasteiger charge is -2.24. The molecule has 0 saturated heterocycles. The molecule has 1 rings (SSSR count). The minimum Gasteiger partial charge on any atom is -0.361 e. The van der Waals surface area contributed by atoms with E-state index in [0.717, 1.165) is 43.7 Å². The number of ether oxygens (including phenoxy) is 1. The van der Waals surface area contributed by atoms with Crippen molar-refractivity contribution in [1.29, 1.82) is 0 Å². The maximum Gasteiger partial charge on any atom is 0.113 e. The van der Waals surface area contributed by atoms with Crippen molar-refractivity contribution in [2.24, 2.45) is 11.7 Å². The molecule has 150 valence electrons. The number of nitrogens with two attached hydrogens (primary N) is 1. The van der Waals surface area contributed by atoms with Crippen molar-refractivity contribution < 1.29 is 4.74 Å². The van der Waals surface area contributed by atoms with Crippen LogP contribution in [0, 0.1) is 5.92 Å². The Bertz CT molecular complexity index is 368. The lowest BCUT2D eigenvalue weighted by molar-refractivity contribution is -0.0375. The molecule has 25 heavy (non-hydrogen) atoms. The summed E-state index contributed by atoms with van der Waals surface area (Å²) in [6.45, 7) is 17.6. The van der Waals surface area contributed by atoms with Crippen LogP contribution >= 0.6 is 11.8 Å². The van der Waals surface area contributed by atoms with Crippen molar-refractivity contribution in [2.75, 3.05) is 12.4 Å². The van der Waals surface area contributed by atoms with Gasteiger partial charge in [0.25, 0.3) is 0 Å². The van der Waals surface area contributed by atoms with Crippen LogP contribution in [-0.2, 0) is 11.2 Å². The van der Waals surface area contributed by atoms with Gasteiger partial charge in [0.2, 0.25) is 0 Å². The number of hydrogen-bond acceptors (Lipinski definition) is 5. The number of nitrogens with zero attached hydrogens (tertiary/aromatic N) is 2. The van der Waals surface area contributed by atoms with Crippen LogP contribution in [-0.4, -0.2) is 38.7 Å². The number of aromatic amines is 1. The molecule has 1 heterocycles. The lowest BCUT2D eigenvalue weighted by Crippen LogP contribution is -2.39. The van der Waals surface area contributed by atoms with Crippen LogP contribution in [0.4, 0.5) is 0 Å². The molecule has 0 aliphatic carbocycles. The van der Waals surface area contributed by atoms with E-state index >= 15 is 0 Å². The quantitative estimate of drug-likeness (QED) is 0.561. The summed E-state index contributed by atoms with van der Waals surface area (Å²) in [6.07, 6.45) is 5.90. The number of nitrogens with one attached hydrogen (secondary N) is 1. The van der Waals surface area contributed by atoms with Gasteiger partial charge in [0.15, 0.2) is 0 Å². The summed E-state index contributed by atoms with van der Waals surface area (Å²) in [5.41, 5.74) is 6.53. The zero-order valence-electron chi connectivity index (χ0n) is 17.8. The molecule has 1 unspecified atom stereocenters. The van der Waals surface area contributed by atoms with E-state index in [1.807, 2.05) is 32.5 Å². The zero-order chi connectivity index (χ0) is 19.7. The minimum atomic E-state index is -0.413. The highest BCUT2D eigenvalue weighted by Crippen LogP contribution is 2.12. The Morgan fingerprint density at radius 2 is 1.92 bits per heavy atom. The first-order chi connectivity index (χ1) is 11.8. The summed E-state index contributed by atoms with van der Waals surface area (Å²) in [5, 5.41) is 11.0. The first-order valence-electron chi connectivity index (χ1n) is 9.66. The molecule has 0 fully saturated rings. The van der Waals surface area contributed by atoms with Crippen molar-refractivity contribution in [2.45, 2.75) is 92.0 Å². The molecule has 1 atom stereocenters. The van der Waals surface area contributed by atoms with Gasteiger partial charge in [0, 0.05) is 13.0 Å². The van der Waals surface area contributed by atoms with Gasteiger partial charge in [-0.2, -0.15) is 27.2 Å². The van der Waals surface area contributed by atoms with Gasteiger partial charge < -0.3 is 10.5 Å². The van der Waals surface area contributed by atoms with Crippen molar-refractivity contribution in [1.82, 2.24) is 15.4 Å². The third-order valence-electron chi connectivity index (χ3n) is 3.15. The third-order valence-corrected chi connectivity index (χ3v) is 4.25. The van der Waals surface area contributed by atoms with E-state index in [9.17, 15) is 0 Å². The Morgan fingerprint density at radius 3 is 2.36 bits per heavy atom. The zero-order valence-corrected chi connectivity index (χ0v) is 18.6. The molecule has 3 N–H and O–H groups in total. The van der Waals surface area contributed by atoms with Crippen molar-refractivity contribution >= 4 is 11.8 Å². The number of rotatable bonds is 10. The smallest absolute Gasteiger partial charge is 0.113 e. The predicted molar refractivity (Wildman–Crippen MR) is 112 cm³/mol. The summed E-state index contributed by atoms with van der Waals surface area (Å²) in [4.78, 5) is 0. The molecule has 0 amide bonds. The Morgan fingerprint density at radius 1 is 1.28 bits per heavy atom. The van der Waals surface area contributed by atoms with E-state index in [1.165, 1.54) is 0 Å². The predicted octanol–water partition coefficient (Wildman–Crippen LogP) is 5.04. The van der Waals surface area contributed by atoms with E-state index < -0.39 is 5.72 Å². The normalized spacial score (nSPS) is 12.9. The van der Waals surface area contributed by atoms with Gasteiger partial charge in [0.05, 0.1) is 11.9 Å². The van der Waals surface area contributed by atoms with Gasteiger partial charge in [-0.25, -0.2) is 0 Å². The standard InChI is InChI=1S/C10H23NO.C7H13N3S.C2H6/c1-5-7-10(4,11)12-8-6-9(2)3;1-6(2)11-4-3-7-5-8-10-9-7;1-2/h9H,5-8,11H2,1-4H3;5-6H,3-4H2,1-2H3,(H,8,9,10);1-2H3. The fourth-order valence-corrected chi connectivity index (χ4v) is 2.64. The Labute approximate surface area is 160 Å². The second kappa shape index (κ2) is 16.9.